The van der Waals surface area contributed by atoms with Gasteiger partial charge in [-0.25, -0.2) is 0 Å². The van der Waals surface area contributed by atoms with Crippen LogP contribution in [0.3, 0.4) is 0 Å². The van der Waals surface area contributed by atoms with E-state index in [1.807, 2.05) is 6.92 Å². The maximum absolute atomic E-state index is 9.42. The first-order chi connectivity index (χ1) is 8.22. The number of hydrogen-bond acceptors (Lipinski definition) is 3. The first-order valence-corrected chi connectivity index (χ1v) is 6.61. The lowest BCUT2D eigenvalue weighted by atomic mass is 10.0. The average Bonchev–Trinajstić information content (AvgIpc) is 3.11. The fourth-order valence-electron chi connectivity index (χ4n) is 2.63. The van der Waals surface area contributed by atoms with E-state index in [4.69, 9.17) is 4.98 Å². The molecule has 3 rings (SSSR count). The molecule has 1 atom stereocenters. The van der Waals surface area contributed by atoms with Crippen LogP contribution in [0.25, 0.3) is 0 Å². The molecule has 92 valence electrons. The Morgan fingerprint density at radius 3 is 3.00 bits per heavy atom. The largest absolute Gasteiger partial charge is 0.392 e. The highest BCUT2D eigenvalue weighted by molar-refractivity contribution is 5.28. The van der Waals surface area contributed by atoms with Crippen LogP contribution < -0.4 is 0 Å². The van der Waals surface area contributed by atoms with Crippen LogP contribution in [0, 0.1) is 0 Å². The molecule has 1 saturated carbocycles. The van der Waals surface area contributed by atoms with Crippen molar-refractivity contribution in [1.29, 1.82) is 0 Å². The summed E-state index contributed by atoms with van der Waals surface area (Å²) in [6.45, 7) is 4.59. The fraction of sp³-hybridized carbons (Fsp3) is 0.643. The van der Waals surface area contributed by atoms with Crippen molar-refractivity contribution in [2.24, 2.45) is 0 Å². The van der Waals surface area contributed by atoms with E-state index in [2.05, 4.69) is 17.0 Å². The van der Waals surface area contributed by atoms with Crippen molar-refractivity contribution < 1.29 is 5.11 Å². The van der Waals surface area contributed by atoms with Crippen LogP contribution in [-0.4, -0.2) is 34.2 Å². The molecule has 1 aromatic rings. The van der Waals surface area contributed by atoms with E-state index in [9.17, 15) is 5.11 Å². The predicted octanol–water partition coefficient (Wildman–Crippen LogP) is 1.70. The van der Waals surface area contributed by atoms with Crippen molar-refractivity contribution >= 4 is 0 Å². The number of β-amino-alcohol motifs (C(OH)–C–C–N with tert-alkyl or cyclic N) is 1. The molecule has 0 aromatic carbocycles. The highest BCUT2D eigenvalue weighted by Crippen LogP contribution is 2.39. The van der Waals surface area contributed by atoms with Crippen molar-refractivity contribution in [3.63, 3.8) is 0 Å². The molecule has 1 aliphatic heterocycles. The highest BCUT2D eigenvalue weighted by Gasteiger charge is 2.26. The molecule has 0 amide bonds. The lowest BCUT2D eigenvalue weighted by Crippen LogP contribution is -2.36. The fourth-order valence-corrected chi connectivity index (χ4v) is 2.63. The minimum absolute atomic E-state index is 0.241. The molecule has 0 radical (unpaired) electrons. The predicted molar refractivity (Wildman–Crippen MR) is 66.9 cm³/mol. The molecule has 1 aromatic heterocycles. The molecule has 1 fully saturated rings. The van der Waals surface area contributed by atoms with E-state index in [0.717, 1.165) is 32.0 Å². The number of rotatable bonds is 3. The highest BCUT2D eigenvalue weighted by atomic mass is 16.3. The van der Waals surface area contributed by atoms with Crippen molar-refractivity contribution in [3.05, 3.63) is 29.1 Å². The molecule has 0 bridgehead atoms. The standard InChI is InChI=1S/C14H20N2O/c1-10(17)8-16-7-6-14-12(9-16)4-5-13(15-14)11-2-3-11/h4-5,10-11,17H,2-3,6-9H2,1H3. The van der Waals surface area contributed by atoms with E-state index in [1.54, 1.807) is 0 Å². The van der Waals surface area contributed by atoms with Crippen LogP contribution in [0.1, 0.15) is 42.6 Å². The smallest absolute Gasteiger partial charge is 0.0639 e. The average molecular weight is 232 g/mol. The quantitative estimate of drug-likeness (QED) is 0.861. The molecule has 1 N–H and O–H groups in total. The van der Waals surface area contributed by atoms with Crippen LogP contribution in [0.4, 0.5) is 0 Å². The van der Waals surface area contributed by atoms with Gasteiger partial charge >= 0.3 is 0 Å². The summed E-state index contributed by atoms with van der Waals surface area (Å²) in [6, 6.07) is 4.44. The van der Waals surface area contributed by atoms with E-state index in [0.29, 0.717) is 0 Å². The van der Waals surface area contributed by atoms with Gasteiger partial charge in [-0.2, -0.15) is 0 Å². The van der Waals surface area contributed by atoms with Crippen molar-refractivity contribution in [1.82, 2.24) is 9.88 Å². The Kier molecular flexibility index (Phi) is 2.89. The lowest BCUT2D eigenvalue weighted by Gasteiger charge is -2.29. The zero-order valence-corrected chi connectivity index (χ0v) is 10.4. The summed E-state index contributed by atoms with van der Waals surface area (Å²) in [7, 11) is 0. The van der Waals surface area contributed by atoms with E-state index >= 15 is 0 Å². The molecule has 2 heterocycles. The Labute approximate surface area is 102 Å². The number of hydrogen-bond donors (Lipinski definition) is 1. The number of pyridine rings is 1. The molecule has 3 heteroatoms. The summed E-state index contributed by atoms with van der Waals surface area (Å²) < 4.78 is 0. The van der Waals surface area contributed by atoms with Crippen LogP contribution in [0.15, 0.2) is 12.1 Å². The van der Waals surface area contributed by atoms with Crippen molar-refractivity contribution in [2.75, 3.05) is 13.1 Å². The first-order valence-electron chi connectivity index (χ1n) is 6.61. The summed E-state index contributed by atoms with van der Waals surface area (Å²) >= 11 is 0. The molecule has 1 aliphatic carbocycles. The minimum atomic E-state index is -0.241. The Morgan fingerprint density at radius 2 is 2.29 bits per heavy atom. The number of aliphatic hydroxyl groups excluding tert-OH is 1. The van der Waals surface area contributed by atoms with E-state index < -0.39 is 0 Å². The van der Waals surface area contributed by atoms with Crippen LogP contribution in [-0.2, 0) is 13.0 Å². The number of aromatic nitrogens is 1. The van der Waals surface area contributed by atoms with Gasteiger partial charge < -0.3 is 5.11 Å². The van der Waals surface area contributed by atoms with Gasteiger partial charge in [-0.3, -0.25) is 9.88 Å². The van der Waals surface area contributed by atoms with E-state index in [-0.39, 0.29) is 6.10 Å². The summed E-state index contributed by atoms with van der Waals surface area (Å²) in [6.07, 6.45) is 3.43. The molecule has 0 saturated heterocycles. The van der Waals surface area contributed by atoms with Gasteiger partial charge in [0.2, 0.25) is 0 Å². The molecule has 0 spiro atoms. The van der Waals surface area contributed by atoms with Gasteiger partial charge in [0.25, 0.3) is 0 Å². The Morgan fingerprint density at radius 1 is 1.47 bits per heavy atom. The summed E-state index contributed by atoms with van der Waals surface area (Å²) in [5, 5.41) is 9.42. The van der Waals surface area contributed by atoms with Gasteiger partial charge in [0.05, 0.1) is 6.10 Å². The van der Waals surface area contributed by atoms with Crippen LogP contribution in [0.2, 0.25) is 0 Å². The normalized spacial score (nSPS) is 22.2. The second kappa shape index (κ2) is 4.39. The summed E-state index contributed by atoms with van der Waals surface area (Å²) in [5.41, 5.74) is 3.94. The third kappa shape index (κ3) is 2.50. The van der Waals surface area contributed by atoms with Gasteiger partial charge in [0, 0.05) is 43.4 Å². The van der Waals surface area contributed by atoms with Gasteiger partial charge in [0.1, 0.15) is 0 Å². The van der Waals surface area contributed by atoms with Crippen molar-refractivity contribution in [3.8, 4) is 0 Å². The topological polar surface area (TPSA) is 36.4 Å². The third-order valence-corrected chi connectivity index (χ3v) is 3.67. The Balaban J connectivity index is 1.74. The number of fused-ring (bicyclic) bond motifs is 1. The third-order valence-electron chi connectivity index (χ3n) is 3.67. The number of nitrogens with zero attached hydrogens (tertiary/aromatic N) is 2. The molecule has 1 unspecified atom stereocenters. The van der Waals surface area contributed by atoms with Gasteiger partial charge in [-0.05, 0) is 31.4 Å². The van der Waals surface area contributed by atoms with Crippen LogP contribution in [0.5, 0.6) is 0 Å². The summed E-state index contributed by atoms with van der Waals surface area (Å²) in [5.74, 6) is 0.746. The van der Waals surface area contributed by atoms with Gasteiger partial charge in [-0.1, -0.05) is 6.07 Å². The Hall–Kier alpha value is -0.930. The lowest BCUT2D eigenvalue weighted by molar-refractivity contribution is 0.118. The molecular formula is C14H20N2O. The second-order valence-corrected chi connectivity index (χ2v) is 5.45. The molecule has 17 heavy (non-hydrogen) atoms. The molecule has 2 aliphatic rings. The number of aliphatic hydroxyl groups is 1. The zero-order chi connectivity index (χ0) is 11.8. The monoisotopic (exact) mass is 232 g/mol. The van der Waals surface area contributed by atoms with Crippen LogP contribution >= 0.6 is 0 Å². The van der Waals surface area contributed by atoms with E-state index in [1.165, 1.54) is 29.8 Å². The van der Waals surface area contributed by atoms with Gasteiger partial charge in [0.15, 0.2) is 0 Å². The summed E-state index contributed by atoms with van der Waals surface area (Å²) in [4.78, 5) is 7.11. The minimum Gasteiger partial charge on any atom is -0.392 e. The molecule has 3 nitrogen and oxygen atoms in total. The maximum atomic E-state index is 9.42. The zero-order valence-electron chi connectivity index (χ0n) is 10.4. The Bertz CT molecular complexity index is 413. The first kappa shape index (κ1) is 11.2. The molecular weight excluding hydrogens is 212 g/mol. The second-order valence-electron chi connectivity index (χ2n) is 5.45. The maximum Gasteiger partial charge on any atom is 0.0639 e. The van der Waals surface area contributed by atoms with Gasteiger partial charge in [-0.15, -0.1) is 0 Å². The van der Waals surface area contributed by atoms with Crippen molar-refractivity contribution in [2.45, 2.75) is 44.8 Å². The SMILES string of the molecule is CC(O)CN1CCc2nc(C3CC3)ccc2C1.